The molecule has 2 N–H and O–H groups in total. The molecule has 2 spiro atoms. The fourth-order valence-corrected chi connectivity index (χ4v) is 12.5. The second-order valence-corrected chi connectivity index (χ2v) is 16.1. The van der Waals surface area contributed by atoms with Crippen LogP contribution >= 0.6 is 0 Å². The molecule has 196 valence electrons. The Morgan fingerprint density at radius 1 is 0.895 bits per heavy atom. The van der Waals surface area contributed by atoms with Gasteiger partial charge in [0.2, 0.25) is 0 Å². The standard InChI is InChI=1S/C31H32O6Si/c1-18-14-22-25(17-21(18)28(34)36-30(2,3)4)31(37-29(22)35)23-10-8-19(32)15-26(23)38(12-6-5-7-13-38)27-16-20(33)9-11-24(27)31/h8-11,14-17,32-33H,5-7,12-13H2,1-4H3. The Hall–Kier alpha value is -3.58. The van der Waals surface area contributed by atoms with Gasteiger partial charge in [0.25, 0.3) is 0 Å². The van der Waals surface area contributed by atoms with Crippen LogP contribution in [0.3, 0.4) is 0 Å². The minimum absolute atomic E-state index is 0.169. The number of rotatable bonds is 1. The highest BCUT2D eigenvalue weighted by Crippen LogP contribution is 2.51. The average Bonchev–Trinajstić information content (AvgIpc) is 3.13. The van der Waals surface area contributed by atoms with Crippen molar-refractivity contribution in [3.8, 4) is 11.5 Å². The molecule has 6 nitrogen and oxygen atoms in total. The van der Waals surface area contributed by atoms with Gasteiger partial charge in [-0.1, -0.05) is 31.4 Å². The van der Waals surface area contributed by atoms with Gasteiger partial charge in [-0.2, -0.15) is 0 Å². The number of aryl methyl sites for hydroxylation is 1. The third kappa shape index (κ3) is 3.44. The van der Waals surface area contributed by atoms with E-state index in [-0.39, 0.29) is 11.5 Å². The van der Waals surface area contributed by atoms with Crippen molar-refractivity contribution in [3.05, 3.63) is 81.9 Å². The van der Waals surface area contributed by atoms with Gasteiger partial charge in [0.15, 0.2) is 5.60 Å². The zero-order valence-electron chi connectivity index (χ0n) is 22.2. The van der Waals surface area contributed by atoms with Crippen molar-refractivity contribution in [2.75, 3.05) is 0 Å². The number of carbonyl (C=O) groups is 2. The molecule has 1 saturated heterocycles. The summed E-state index contributed by atoms with van der Waals surface area (Å²) >= 11 is 0. The van der Waals surface area contributed by atoms with Crippen LogP contribution in [0.2, 0.25) is 12.1 Å². The van der Waals surface area contributed by atoms with E-state index >= 15 is 0 Å². The lowest BCUT2D eigenvalue weighted by Crippen LogP contribution is -2.67. The molecule has 0 amide bonds. The molecule has 3 heterocycles. The van der Waals surface area contributed by atoms with Crippen molar-refractivity contribution in [1.82, 2.24) is 0 Å². The number of esters is 2. The molecule has 3 aromatic carbocycles. The van der Waals surface area contributed by atoms with E-state index in [1.807, 2.05) is 45.0 Å². The molecular formula is C31H32O6Si. The van der Waals surface area contributed by atoms with Gasteiger partial charge in [-0.3, -0.25) is 0 Å². The largest absolute Gasteiger partial charge is 0.508 e. The highest BCUT2D eigenvalue weighted by atomic mass is 28.3. The predicted octanol–water partition coefficient (Wildman–Crippen LogP) is 4.88. The minimum atomic E-state index is -2.39. The van der Waals surface area contributed by atoms with Crippen molar-refractivity contribution in [2.45, 2.75) is 70.2 Å². The number of benzene rings is 3. The Labute approximate surface area is 223 Å². The number of hydrogen-bond acceptors (Lipinski definition) is 6. The summed E-state index contributed by atoms with van der Waals surface area (Å²) < 4.78 is 12.1. The van der Waals surface area contributed by atoms with Crippen LogP contribution < -0.4 is 10.4 Å². The number of hydrogen-bond donors (Lipinski definition) is 2. The number of phenolic OH excluding ortho intramolecular Hbond substituents is 2. The zero-order valence-corrected chi connectivity index (χ0v) is 23.2. The number of carbonyl (C=O) groups excluding carboxylic acids is 2. The minimum Gasteiger partial charge on any atom is -0.508 e. The van der Waals surface area contributed by atoms with Crippen LogP contribution in [-0.4, -0.2) is 35.8 Å². The molecule has 0 atom stereocenters. The lowest BCUT2D eigenvalue weighted by atomic mass is 9.78. The molecule has 38 heavy (non-hydrogen) atoms. The number of phenols is 2. The quantitative estimate of drug-likeness (QED) is 0.345. The highest BCUT2D eigenvalue weighted by molar-refractivity contribution is 7.03. The van der Waals surface area contributed by atoms with Crippen molar-refractivity contribution in [1.29, 1.82) is 0 Å². The summed E-state index contributed by atoms with van der Waals surface area (Å²) in [5.74, 6) is -0.582. The second-order valence-electron chi connectivity index (χ2n) is 11.9. The van der Waals surface area contributed by atoms with Crippen LogP contribution in [0.25, 0.3) is 0 Å². The van der Waals surface area contributed by atoms with Gasteiger partial charge in [-0.25, -0.2) is 9.59 Å². The molecule has 0 aromatic heterocycles. The lowest BCUT2D eigenvalue weighted by molar-refractivity contribution is 0.00684. The van der Waals surface area contributed by atoms with Gasteiger partial charge in [0, 0.05) is 16.7 Å². The predicted molar refractivity (Wildman–Crippen MR) is 146 cm³/mol. The van der Waals surface area contributed by atoms with Crippen LogP contribution in [0.5, 0.6) is 11.5 Å². The first-order valence-corrected chi connectivity index (χ1v) is 15.7. The van der Waals surface area contributed by atoms with Gasteiger partial charge in [-0.15, -0.1) is 0 Å². The summed E-state index contributed by atoms with van der Waals surface area (Å²) in [6, 6.07) is 16.2. The molecule has 3 aliphatic heterocycles. The Balaban J connectivity index is 1.68. The fraction of sp³-hybridized carbons (Fsp3) is 0.355. The lowest BCUT2D eigenvalue weighted by Gasteiger charge is -2.48. The molecule has 1 fully saturated rings. The van der Waals surface area contributed by atoms with E-state index in [0.717, 1.165) is 52.9 Å². The maximum absolute atomic E-state index is 13.5. The van der Waals surface area contributed by atoms with E-state index in [1.165, 1.54) is 0 Å². The number of ether oxygens (including phenoxy) is 2. The smallest absolute Gasteiger partial charge is 0.340 e. The Morgan fingerprint density at radius 3 is 2.03 bits per heavy atom. The van der Waals surface area contributed by atoms with Crippen molar-refractivity contribution in [3.63, 3.8) is 0 Å². The Morgan fingerprint density at radius 2 is 1.47 bits per heavy atom. The van der Waals surface area contributed by atoms with Gasteiger partial charge in [-0.05, 0) is 92.1 Å². The average molecular weight is 529 g/mol. The first-order valence-electron chi connectivity index (χ1n) is 13.3. The second kappa shape index (κ2) is 8.21. The Kier molecular flexibility index (Phi) is 5.34. The maximum atomic E-state index is 13.5. The molecule has 3 aromatic rings. The molecule has 7 heteroatoms. The van der Waals surface area contributed by atoms with Gasteiger partial charge in [0.05, 0.1) is 11.1 Å². The molecular weight excluding hydrogens is 496 g/mol. The Bertz CT molecular complexity index is 1450. The van der Waals surface area contributed by atoms with E-state index < -0.39 is 31.2 Å². The summed E-state index contributed by atoms with van der Waals surface area (Å²) in [5.41, 5.74) is 1.73. The molecule has 6 rings (SSSR count). The third-order valence-electron chi connectivity index (χ3n) is 8.33. The fourth-order valence-electron chi connectivity index (χ4n) is 6.82. The number of aromatic hydroxyl groups is 2. The molecule has 3 aliphatic rings. The van der Waals surface area contributed by atoms with Gasteiger partial charge >= 0.3 is 11.9 Å². The van der Waals surface area contributed by atoms with Crippen LogP contribution in [0.1, 0.15) is 83.0 Å². The van der Waals surface area contributed by atoms with Crippen LogP contribution in [0, 0.1) is 6.92 Å². The van der Waals surface area contributed by atoms with E-state index in [2.05, 4.69) is 0 Å². The van der Waals surface area contributed by atoms with Crippen molar-refractivity contribution >= 4 is 30.4 Å². The topological polar surface area (TPSA) is 93.1 Å². The highest BCUT2D eigenvalue weighted by Gasteiger charge is 2.58. The van der Waals surface area contributed by atoms with E-state index in [0.29, 0.717) is 22.3 Å². The van der Waals surface area contributed by atoms with E-state index in [1.54, 1.807) is 31.2 Å². The summed E-state index contributed by atoms with van der Waals surface area (Å²) in [7, 11) is -2.39. The number of fused-ring (bicyclic) bond motifs is 8. The molecule has 0 bridgehead atoms. The van der Waals surface area contributed by atoms with E-state index in [4.69, 9.17) is 9.47 Å². The van der Waals surface area contributed by atoms with Gasteiger partial charge in [0.1, 0.15) is 25.2 Å². The zero-order chi connectivity index (χ0) is 27.0. The van der Waals surface area contributed by atoms with Crippen LogP contribution in [0.15, 0.2) is 48.5 Å². The summed E-state index contributed by atoms with van der Waals surface area (Å²) in [6.07, 6.45) is 3.29. The van der Waals surface area contributed by atoms with Gasteiger partial charge < -0.3 is 19.7 Å². The maximum Gasteiger partial charge on any atom is 0.340 e. The van der Waals surface area contributed by atoms with Crippen LogP contribution in [0.4, 0.5) is 0 Å². The summed E-state index contributed by atoms with van der Waals surface area (Å²) in [6.45, 7) is 7.26. The first kappa shape index (κ1) is 24.7. The monoisotopic (exact) mass is 528 g/mol. The normalized spacial score (nSPS) is 18.5. The van der Waals surface area contributed by atoms with E-state index in [9.17, 15) is 19.8 Å². The third-order valence-corrected chi connectivity index (χ3v) is 13.6. The summed E-state index contributed by atoms with van der Waals surface area (Å²) in [5, 5.41) is 23.4. The molecule has 0 radical (unpaired) electrons. The molecule has 0 unspecified atom stereocenters. The van der Waals surface area contributed by atoms with Crippen LogP contribution in [-0.2, 0) is 15.1 Å². The SMILES string of the molecule is Cc1cc2c(cc1C(=O)OC(C)(C)C)C1(OC2=O)c2ccc(O)cc2[Si]2(CCCCC2)c2cc(O)ccc21. The molecule has 0 saturated carbocycles. The first-order chi connectivity index (χ1) is 18.0. The molecule has 0 aliphatic carbocycles. The van der Waals surface area contributed by atoms with Crippen molar-refractivity contribution < 1.29 is 29.3 Å². The van der Waals surface area contributed by atoms with Crippen molar-refractivity contribution in [2.24, 2.45) is 0 Å². The summed E-state index contributed by atoms with van der Waals surface area (Å²) in [4.78, 5) is 26.7.